The van der Waals surface area contributed by atoms with Gasteiger partial charge < -0.3 is 19.5 Å². The number of hydrogen-bond acceptors (Lipinski definition) is 5. The Hall–Kier alpha value is -2.83. The Kier molecular flexibility index (Phi) is 4.36. The minimum Gasteiger partial charge on any atom is -0.495 e. The van der Waals surface area contributed by atoms with Crippen LogP contribution in [0.25, 0.3) is 0 Å². The van der Waals surface area contributed by atoms with Gasteiger partial charge in [0.2, 0.25) is 5.91 Å². The molecule has 0 unspecified atom stereocenters. The van der Waals surface area contributed by atoms with E-state index in [1.165, 1.54) is 0 Å². The largest absolute Gasteiger partial charge is 0.495 e. The zero-order valence-electron chi connectivity index (χ0n) is 14.7. The molecule has 1 atom stereocenters. The zero-order chi connectivity index (χ0) is 18.1. The second-order valence-corrected chi connectivity index (χ2v) is 6.69. The molecule has 1 aliphatic heterocycles. The van der Waals surface area contributed by atoms with Crippen molar-refractivity contribution in [3.8, 4) is 5.75 Å². The summed E-state index contributed by atoms with van der Waals surface area (Å²) in [7, 11) is 1.58. The number of anilines is 1. The minimum atomic E-state index is -0.268. The molecule has 2 aromatic rings. The first kappa shape index (κ1) is 16.6. The van der Waals surface area contributed by atoms with Crippen molar-refractivity contribution in [1.82, 2.24) is 10.5 Å². The lowest BCUT2D eigenvalue weighted by Gasteiger charge is -2.19. The van der Waals surface area contributed by atoms with Gasteiger partial charge in [-0.3, -0.25) is 9.59 Å². The highest BCUT2D eigenvalue weighted by molar-refractivity contribution is 5.99. The number of amides is 2. The molecule has 0 spiro atoms. The minimum absolute atomic E-state index is 0.0398. The van der Waals surface area contributed by atoms with Crippen LogP contribution < -0.4 is 15.0 Å². The van der Waals surface area contributed by atoms with Crippen LogP contribution in [0, 0.1) is 0 Å². The number of methoxy groups -OCH3 is 1. The lowest BCUT2D eigenvalue weighted by Crippen LogP contribution is -2.37. The first-order chi connectivity index (χ1) is 12.7. The van der Waals surface area contributed by atoms with E-state index in [0.29, 0.717) is 18.0 Å². The van der Waals surface area contributed by atoms with Crippen molar-refractivity contribution in [1.29, 1.82) is 0 Å². The van der Waals surface area contributed by atoms with Crippen molar-refractivity contribution in [2.24, 2.45) is 0 Å². The molecule has 1 fully saturated rings. The van der Waals surface area contributed by atoms with E-state index in [4.69, 9.17) is 9.26 Å². The summed E-state index contributed by atoms with van der Waals surface area (Å²) in [6, 6.07) is 7.11. The first-order valence-electron chi connectivity index (χ1n) is 8.89. The number of aromatic nitrogens is 1. The molecule has 2 heterocycles. The summed E-state index contributed by atoms with van der Waals surface area (Å²) in [4.78, 5) is 26.7. The van der Waals surface area contributed by atoms with Crippen molar-refractivity contribution >= 4 is 17.5 Å². The van der Waals surface area contributed by atoms with Gasteiger partial charge in [-0.2, -0.15) is 0 Å². The molecule has 1 aliphatic carbocycles. The van der Waals surface area contributed by atoms with Crippen molar-refractivity contribution in [2.75, 3.05) is 18.6 Å². The monoisotopic (exact) mass is 355 g/mol. The zero-order valence-corrected chi connectivity index (χ0v) is 14.7. The van der Waals surface area contributed by atoms with Gasteiger partial charge in [-0.15, -0.1) is 0 Å². The Bertz CT molecular complexity index is 845. The van der Waals surface area contributed by atoms with Crippen LogP contribution in [-0.4, -0.2) is 36.7 Å². The molecule has 0 saturated carbocycles. The number of carbonyl (C=O) groups excluding carboxylic acids is 2. The predicted molar refractivity (Wildman–Crippen MR) is 94.4 cm³/mol. The molecule has 7 nitrogen and oxygen atoms in total. The molecular formula is C19H21N3O4. The van der Waals surface area contributed by atoms with Crippen molar-refractivity contribution in [2.45, 2.75) is 38.1 Å². The summed E-state index contributed by atoms with van der Waals surface area (Å²) < 4.78 is 10.6. The SMILES string of the molecule is COc1ccccc1N1C[C@H](NC(=O)c2noc3c2CCCC3)CC1=O. The number of benzene rings is 1. The van der Waals surface area contributed by atoms with E-state index in [-0.39, 0.29) is 24.3 Å². The van der Waals surface area contributed by atoms with Gasteiger partial charge in [0.05, 0.1) is 18.8 Å². The Morgan fingerprint density at radius 2 is 2.12 bits per heavy atom. The van der Waals surface area contributed by atoms with Crippen molar-refractivity contribution in [3.05, 3.63) is 41.3 Å². The smallest absolute Gasteiger partial charge is 0.274 e. The second kappa shape index (κ2) is 6.82. The highest BCUT2D eigenvalue weighted by atomic mass is 16.5. The molecule has 26 heavy (non-hydrogen) atoms. The second-order valence-electron chi connectivity index (χ2n) is 6.69. The maximum Gasteiger partial charge on any atom is 0.274 e. The van der Waals surface area contributed by atoms with Gasteiger partial charge in [-0.25, -0.2) is 0 Å². The van der Waals surface area contributed by atoms with E-state index >= 15 is 0 Å². The number of nitrogens with zero attached hydrogens (tertiary/aromatic N) is 2. The normalized spacial score (nSPS) is 19.3. The number of para-hydroxylation sites is 2. The Morgan fingerprint density at radius 1 is 1.31 bits per heavy atom. The number of hydrogen-bond donors (Lipinski definition) is 1. The predicted octanol–water partition coefficient (Wildman–Crippen LogP) is 2.10. The molecule has 7 heteroatoms. The van der Waals surface area contributed by atoms with Crippen molar-refractivity contribution < 1.29 is 18.8 Å². The number of rotatable bonds is 4. The third-order valence-corrected chi connectivity index (χ3v) is 5.00. The Morgan fingerprint density at radius 3 is 2.96 bits per heavy atom. The first-order valence-corrected chi connectivity index (χ1v) is 8.89. The molecular weight excluding hydrogens is 334 g/mol. The molecule has 2 aliphatic rings. The van der Waals surface area contributed by atoms with Crippen molar-refractivity contribution in [3.63, 3.8) is 0 Å². The van der Waals surface area contributed by atoms with Crippen LogP contribution in [0.15, 0.2) is 28.8 Å². The van der Waals surface area contributed by atoms with E-state index in [0.717, 1.165) is 42.7 Å². The molecule has 0 radical (unpaired) electrons. The summed E-state index contributed by atoms with van der Waals surface area (Å²) in [5, 5.41) is 6.89. The average Bonchev–Trinajstić information content (AvgIpc) is 3.25. The topological polar surface area (TPSA) is 84.7 Å². The summed E-state index contributed by atoms with van der Waals surface area (Å²) in [6.45, 7) is 0.408. The maximum atomic E-state index is 12.6. The van der Waals surface area contributed by atoms with Gasteiger partial charge in [0.1, 0.15) is 11.5 Å². The van der Waals surface area contributed by atoms with Gasteiger partial charge in [0.15, 0.2) is 5.69 Å². The van der Waals surface area contributed by atoms with E-state index in [2.05, 4.69) is 10.5 Å². The number of aryl methyl sites for hydroxylation is 1. The summed E-state index contributed by atoms with van der Waals surface area (Å²) in [5.74, 6) is 1.15. The third kappa shape index (κ3) is 2.94. The summed E-state index contributed by atoms with van der Waals surface area (Å²) in [5.41, 5.74) is 2.00. The number of ether oxygens (including phenoxy) is 1. The highest BCUT2D eigenvalue weighted by Crippen LogP contribution is 2.31. The van der Waals surface area contributed by atoms with Crippen LogP contribution in [0.3, 0.4) is 0 Å². The quantitative estimate of drug-likeness (QED) is 0.908. The van der Waals surface area contributed by atoms with Gasteiger partial charge in [-0.05, 0) is 31.4 Å². The lowest BCUT2D eigenvalue weighted by molar-refractivity contribution is -0.117. The van der Waals surface area contributed by atoms with Crippen LogP contribution in [0.1, 0.15) is 41.1 Å². The van der Waals surface area contributed by atoms with Gasteiger partial charge >= 0.3 is 0 Å². The fraction of sp³-hybridized carbons (Fsp3) is 0.421. The van der Waals surface area contributed by atoms with Crippen LogP contribution in [0.4, 0.5) is 5.69 Å². The molecule has 1 aromatic carbocycles. The maximum absolute atomic E-state index is 12.6. The van der Waals surface area contributed by atoms with Gasteiger partial charge in [-0.1, -0.05) is 17.3 Å². The van der Waals surface area contributed by atoms with Crippen LogP contribution in [-0.2, 0) is 17.6 Å². The Balaban J connectivity index is 1.48. The fourth-order valence-electron chi connectivity index (χ4n) is 3.71. The van der Waals surface area contributed by atoms with Gasteiger partial charge in [0.25, 0.3) is 5.91 Å². The average molecular weight is 355 g/mol. The fourth-order valence-corrected chi connectivity index (χ4v) is 3.71. The van der Waals surface area contributed by atoms with E-state index in [1.807, 2.05) is 24.3 Å². The molecule has 1 aromatic heterocycles. The molecule has 4 rings (SSSR count). The summed E-state index contributed by atoms with van der Waals surface area (Å²) >= 11 is 0. The van der Waals surface area contributed by atoms with Crippen LogP contribution >= 0.6 is 0 Å². The molecule has 1 saturated heterocycles. The van der Waals surface area contributed by atoms with Crippen LogP contribution in [0.2, 0.25) is 0 Å². The molecule has 2 amide bonds. The molecule has 1 N–H and O–H groups in total. The molecule has 0 bridgehead atoms. The number of fused-ring (bicyclic) bond motifs is 1. The molecule has 136 valence electrons. The van der Waals surface area contributed by atoms with Crippen LogP contribution in [0.5, 0.6) is 5.75 Å². The highest BCUT2D eigenvalue weighted by Gasteiger charge is 2.34. The lowest BCUT2D eigenvalue weighted by atomic mass is 9.96. The van der Waals surface area contributed by atoms with E-state index in [1.54, 1.807) is 12.0 Å². The standard InChI is InChI=1S/C19H21N3O4/c1-25-16-9-5-3-7-14(16)22-11-12(10-17(22)23)20-19(24)18-13-6-2-4-8-15(13)26-21-18/h3,5,7,9,12H,2,4,6,8,10-11H2,1H3,(H,20,24)/t12-/m1/s1. The number of nitrogens with one attached hydrogen (secondary N) is 1. The van der Waals surface area contributed by atoms with Gasteiger partial charge in [0, 0.05) is 24.9 Å². The van der Waals surface area contributed by atoms with E-state index in [9.17, 15) is 9.59 Å². The third-order valence-electron chi connectivity index (χ3n) is 5.00. The van der Waals surface area contributed by atoms with E-state index < -0.39 is 0 Å². The summed E-state index contributed by atoms with van der Waals surface area (Å²) in [6.07, 6.45) is 4.01. The Labute approximate surface area is 151 Å². The number of carbonyl (C=O) groups is 2.